The number of aromatic nitrogens is 2. The summed E-state index contributed by atoms with van der Waals surface area (Å²) in [6, 6.07) is 4.05. The Bertz CT molecular complexity index is 588. The Morgan fingerprint density at radius 3 is 3.14 bits per heavy atom. The van der Waals surface area contributed by atoms with Crippen molar-refractivity contribution in [1.82, 2.24) is 14.7 Å². The van der Waals surface area contributed by atoms with Crippen molar-refractivity contribution < 1.29 is 9.21 Å². The summed E-state index contributed by atoms with van der Waals surface area (Å²) in [7, 11) is 0. The highest BCUT2D eigenvalue weighted by Crippen LogP contribution is 2.20. The molecule has 0 unspecified atom stereocenters. The first kappa shape index (κ1) is 13.9. The number of amides is 1. The van der Waals surface area contributed by atoms with Crippen molar-refractivity contribution in [3.8, 4) is 0 Å². The third kappa shape index (κ3) is 3.35. The Labute approximate surface area is 124 Å². The fourth-order valence-electron chi connectivity index (χ4n) is 2.97. The second-order valence-electron chi connectivity index (χ2n) is 5.70. The molecule has 0 aliphatic carbocycles. The first-order valence-corrected chi connectivity index (χ1v) is 7.53. The maximum atomic E-state index is 12.4. The molecule has 2 aromatic rings. The molecule has 3 heterocycles. The first-order valence-electron chi connectivity index (χ1n) is 7.53. The lowest BCUT2D eigenvalue weighted by atomic mass is 10.2. The molecule has 1 aliphatic heterocycles. The van der Waals surface area contributed by atoms with Crippen molar-refractivity contribution in [3.05, 3.63) is 42.1 Å². The molecule has 5 heteroatoms. The lowest BCUT2D eigenvalue weighted by molar-refractivity contribution is -0.132. The quantitative estimate of drug-likeness (QED) is 0.848. The van der Waals surface area contributed by atoms with Crippen molar-refractivity contribution in [2.45, 2.75) is 45.2 Å². The highest BCUT2D eigenvalue weighted by atomic mass is 16.3. The van der Waals surface area contributed by atoms with Crippen LogP contribution in [0.3, 0.4) is 0 Å². The van der Waals surface area contributed by atoms with Crippen LogP contribution in [-0.4, -0.2) is 33.2 Å². The van der Waals surface area contributed by atoms with Crippen LogP contribution in [0.2, 0.25) is 0 Å². The molecule has 21 heavy (non-hydrogen) atoms. The van der Waals surface area contributed by atoms with Crippen molar-refractivity contribution in [3.63, 3.8) is 0 Å². The van der Waals surface area contributed by atoms with Gasteiger partial charge in [-0.25, -0.2) is 0 Å². The van der Waals surface area contributed by atoms with Crippen LogP contribution < -0.4 is 0 Å². The number of furan rings is 1. The van der Waals surface area contributed by atoms with E-state index in [1.165, 1.54) is 0 Å². The number of likely N-dealkylation sites (tertiary alicyclic amines) is 1. The maximum absolute atomic E-state index is 12.4. The van der Waals surface area contributed by atoms with Gasteiger partial charge in [-0.1, -0.05) is 0 Å². The minimum atomic E-state index is 0.220. The summed E-state index contributed by atoms with van der Waals surface area (Å²) in [5.74, 6) is 1.10. The molecule has 0 radical (unpaired) electrons. The maximum Gasteiger partial charge on any atom is 0.223 e. The van der Waals surface area contributed by atoms with Crippen molar-refractivity contribution in [1.29, 1.82) is 0 Å². The highest BCUT2D eigenvalue weighted by Gasteiger charge is 2.28. The number of hydrogen-bond acceptors (Lipinski definition) is 3. The molecule has 0 N–H and O–H groups in total. The molecule has 1 saturated heterocycles. The van der Waals surface area contributed by atoms with Crippen molar-refractivity contribution >= 4 is 5.91 Å². The standard InChI is InChI=1S/C16H21N3O2/c1-13-10-17-18(11-13)12-14-4-2-8-19(14)16(20)7-6-15-5-3-9-21-15/h3,5,9-11,14H,2,4,6-8,12H2,1H3/t14-/m1/s1. The predicted octanol–water partition coefficient (Wildman–Crippen LogP) is 2.41. The Balaban J connectivity index is 1.56. The van der Waals surface area contributed by atoms with Gasteiger partial charge in [-0.15, -0.1) is 0 Å². The summed E-state index contributed by atoms with van der Waals surface area (Å²) in [6.07, 6.45) is 8.88. The van der Waals surface area contributed by atoms with Gasteiger partial charge in [-0.2, -0.15) is 5.10 Å². The van der Waals surface area contributed by atoms with E-state index in [1.54, 1.807) is 6.26 Å². The molecule has 3 rings (SSSR count). The zero-order valence-electron chi connectivity index (χ0n) is 12.4. The molecule has 1 amide bonds. The molecule has 0 saturated carbocycles. The van der Waals surface area contributed by atoms with Crippen LogP contribution in [0.5, 0.6) is 0 Å². The van der Waals surface area contributed by atoms with Crippen LogP contribution in [-0.2, 0) is 17.8 Å². The largest absolute Gasteiger partial charge is 0.469 e. The van der Waals surface area contributed by atoms with E-state index in [0.29, 0.717) is 12.8 Å². The lowest BCUT2D eigenvalue weighted by Gasteiger charge is -2.24. The number of carbonyl (C=O) groups excluding carboxylic acids is 1. The monoisotopic (exact) mass is 287 g/mol. The average Bonchev–Trinajstić information content (AvgIpc) is 3.19. The predicted molar refractivity (Wildman–Crippen MR) is 78.7 cm³/mol. The molecular weight excluding hydrogens is 266 g/mol. The molecule has 2 aromatic heterocycles. The average molecular weight is 287 g/mol. The van der Waals surface area contributed by atoms with E-state index in [9.17, 15) is 4.79 Å². The van der Waals surface area contributed by atoms with Gasteiger partial charge < -0.3 is 9.32 Å². The van der Waals surface area contributed by atoms with E-state index in [1.807, 2.05) is 41.0 Å². The van der Waals surface area contributed by atoms with Crippen LogP contribution in [0, 0.1) is 6.92 Å². The third-order valence-corrected chi connectivity index (χ3v) is 4.02. The number of hydrogen-bond donors (Lipinski definition) is 0. The van der Waals surface area contributed by atoms with Gasteiger partial charge in [0.2, 0.25) is 5.91 Å². The highest BCUT2D eigenvalue weighted by molar-refractivity contribution is 5.77. The van der Waals surface area contributed by atoms with Gasteiger partial charge in [0.1, 0.15) is 5.76 Å². The molecule has 1 fully saturated rings. The second kappa shape index (κ2) is 6.16. The summed E-state index contributed by atoms with van der Waals surface area (Å²) in [4.78, 5) is 14.4. The SMILES string of the molecule is Cc1cnn(C[C@H]2CCCN2C(=O)CCc2ccco2)c1. The van der Waals surface area contributed by atoms with Gasteiger partial charge in [-0.3, -0.25) is 9.48 Å². The Kier molecular flexibility index (Phi) is 4.08. The van der Waals surface area contributed by atoms with E-state index >= 15 is 0 Å². The van der Waals surface area contributed by atoms with E-state index in [4.69, 9.17) is 4.42 Å². The van der Waals surface area contributed by atoms with Crippen molar-refractivity contribution in [2.75, 3.05) is 6.54 Å². The van der Waals surface area contributed by atoms with Crippen LogP contribution in [0.1, 0.15) is 30.6 Å². The number of nitrogens with zero attached hydrogens (tertiary/aromatic N) is 3. The van der Waals surface area contributed by atoms with Gasteiger partial charge in [0.15, 0.2) is 0 Å². The molecule has 0 bridgehead atoms. The van der Waals surface area contributed by atoms with Gasteiger partial charge in [0.25, 0.3) is 0 Å². The van der Waals surface area contributed by atoms with E-state index in [0.717, 1.165) is 37.3 Å². The summed E-state index contributed by atoms with van der Waals surface area (Å²) < 4.78 is 7.23. The van der Waals surface area contributed by atoms with Crippen LogP contribution in [0.4, 0.5) is 0 Å². The Hall–Kier alpha value is -2.04. The molecule has 0 aromatic carbocycles. The van der Waals surface area contributed by atoms with Crippen LogP contribution >= 0.6 is 0 Å². The Morgan fingerprint density at radius 2 is 2.43 bits per heavy atom. The molecule has 112 valence electrons. The minimum absolute atomic E-state index is 0.220. The zero-order chi connectivity index (χ0) is 14.7. The summed E-state index contributed by atoms with van der Waals surface area (Å²) in [5, 5.41) is 4.32. The van der Waals surface area contributed by atoms with E-state index in [2.05, 4.69) is 5.10 Å². The van der Waals surface area contributed by atoms with Gasteiger partial charge in [0.05, 0.1) is 25.0 Å². The third-order valence-electron chi connectivity index (χ3n) is 4.02. The molecule has 1 aliphatic rings. The number of rotatable bonds is 5. The molecular formula is C16H21N3O2. The zero-order valence-corrected chi connectivity index (χ0v) is 12.4. The topological polar surface area (TPSA) is 51.3 Å². The minimum Gasteiger partial charge on any atom is -0.469 e. The van der Waals surface area contributed by atoms with Crippen LogP contribution in [0.25, 0.3) is 0 Å². The first-order chi connectivity index (χ1) is 10.2. The molecule has 1 atom stereocenters. The normalized spacial score (nSPS) is 18.3. The number of carbonyl (C=O) groups is 1. The smallest absolute Gasteiger partial charge is 0.223 e. The summed E-state index contributed by atoms with van der Waals surface area (Å²) in [5.41, 5.74) is 1.16. The van der Waals surface area contributed by atoms with Crippen LogP contribution in [0.15, 0.2) is 35.2 Å². The van der Waals surface area contributed by atoms with Gasteiger partial charge in [0, 0.05) is 25.6 Å². The van der Waals surface area contributed by atoms with Gasteiger partial charge in [-0.05, 0) is 37.5 Å². The lowest BCUT2D eigenvalue weighted by Crippen LogP contribution is -2.38. The summed E-state index contributed by atoms with van der Waals surface area (Å²) >= 11 is 0. The second-order valence-corrected chi connectivity index (χ2v) is 5.70. The fraction of sp³-hybridized carbons (Fsp3) is 0.500. The van der Waals surface area contributed by atoms with Gasteiger partial charge >= 0.3 is 0 Å². The fourth-order valence-corrected chi connectivity index (χ4v) is 2.97. The van der Waals surface area contributed by atoms with Crippen molar-refractivity contribution in [2.24, 2.45) is 0 Å². The molecule has 0 spiro atoms. The number of aryl methyl sites for hydroxylation is 2. The van der Waals surface area contributed by atoms with E-state index in [-0.39, 0.29) is 11.9 Å². The molecule has 5 nitrogen and oxygen atoms in total. The summed E-state index contributed by atoms with van der Waals surface area (Å²) in [6.45, 7) is 3.69. The Morgan fingerprint density at radius 1 is 1.52 bits per heavy atom. The van der Waals surface area contributed by atoms with E-state index < -0.39 is 0 Å².